The van der Waals surface area contributed by atoms with Gasteiger partial charge in [0.1, 0.15) is 11.6 Å². The lowest BCUT2D eigenvalue weighted by Gasteiger charge is -2.09. The fraction of sp³-hybridized carbons (Fsp3) is 0.158. The van der Waals surface area contributed by atoms with Crippen LogP contribution in [-0.4, -0.2) is 21.9 Å². The van der Waals surface area contributed by atoms with Gasteiger partial charge in [0.05, 0.1) is 7.11 Å². The molecule has 4 nitrogen and oxygen atoms in total. The van der Waals surface area contributed by atoms with E-state index in [4.69, 9.17) is 4.74 Å². The first-order valence-electron chi connectivity index (χ1n) is 7.77. The lowest BCUT2D eigenvalue weighted by atomic mass is 10.2. The number of allylic oxidation sites excluding steroid dienone is 1. The monoisotopic (exact) mass is 355 g/mol. The maximum Gasteiger partial charge on any atom is 0.192 e. The van der Waals surface area contributed by atoms with E-state index in [1.54, 1.807) is 25.3 Å². The lowest BCUT2D eigenvalue weighted by Crippen LogP contribution is -2.01. The Bertz CT molecular complexity index is 879. The second-order valence-corrected chi connectivity index (χ2v) is 6.26. The van der Waals surface area contributed by atoms with Crippen molar-refractivity contribution in [1.82, 2.24) is 14.8 Å². The molecule has 0 aliphatic heterocycles. The summed E-state index contributed by atoms with van der Waals surface area (Å²) in [5.74, 6) is 1.76. The van der Waals surface area contributed by atoms with Crippen LogP contribution in [0, 0.1) is 5.82 Å². The summed E-state index contributed by atoms with van der Waals surface area (Å²) < 4.78 is 21.1. The Labute approximate surface area is 150 Å². The highest BCUT2D eigenvalue weighted by Crippen LogP contribution is 2.28. The third-order valence-corrected chi connectivity index (χ3v) is 4.69. The summed E-state index contributed by atoms with van der Waals surface area (Å²) in [6, 6.07) is 14.4. The standard InChI is InChI=1S/C19H18FN3OS/c1-3-11-23-18(14-8-6-9-16(12-14)24-2)21-22-19(23)25-13-15-7-4-5-10-17(15)20/h3-10,12H,1,11,13H2,2H3. The number of ether oxygens (including phenoxy) is 1. The number of rotatable bonds is 7. The van der Waals surface area contributed by atoms with Crippen molar-refractivity contribution in [1.29, 1.82) is 0 Å². The fourth-order valence-corrected chi connectivity index (χ4v) is 3.36. The van der Waals surface area contributed by atoms with Crippen LogP contribution in [0.25, 0.3) is 11.4 Å². The highest BCUT2D eigenvalue weighted by molar-refractivity contribution is 7.98. The first-order valence-corrected chi connectivity index (χ1v) is 8.76. The summed E-state index contributed by atoms with van der Waals surface area (Å²) in [4.78, 5) is 0. The number of hydrogen-bond donors (Lipinski definition) is 0. The van der Waals surface area contributed by atoms with Gasteiger partial charge in [-0.05, 0) is 23.8 Å². The Hall–Kier alpha value is -2.60. The Morgan fingerprint density at radius 1 is 1.20 bits per heavy atom. The minimum absolute atomic E-state index is 0.210. The second-order valence-electron chi connectivity index (χ2n) is 5.32. The van der Waals surface area contributed by atoms with Gasteiger partial charge in [0, 0.05) is 17.9 Å². The first-order chi connectivity index (χ1) is 12.2. The van der Waals surface area contributed by atoms with Crippen LogP contribution in [0.3, 0.4) is 0 Å². The molecule has 0 aliphatic rings. The smallest absolute Gasteiger partial charge is 0.192 e. The van der Waals surface area contributed by atoms with Gasteiger partial charge in [0.25, 0.3) is 0 Å². The number of benzene rings is 2. The van der Waals surface area contributed by atoms with Crippen LogP contribution in [0.5, 0.6) is 5.75 Å². The zero-order valence-corrected chi connectivity index (χ0v) is 14.7. The molecule has 0 saturated carbocycles. The fourth-order valence-electron chi connectivity index (χ4n) is 2.42. The molecule has 3 aromatic rings. The van der Waals surface area contributed by atoms with E-state index in [1.807, 2.05) is 34.9 Å². The summed E-state index contributed by atoms with van der Waals surface area (Å²) in [6.07, 6.45) is 1.79. The molecule has 1 aromatic heterocycles. The van der Waals surface area contributed by atoms with Crippen molar-refractivity contribution in [2.24, 2.45) is 0 Å². The zero-order valence-electron chi connectivity index (χ0n) is 13.9. The average molecular weight is 355 g/mol. The third-order valence-electron chi connectivity index (χ3n) is 3.67. The number of aromatic nitrogens is 3. The second kappa shape index (κ2) is 7.98. The summed E-state index contributed by atoms with van der Waals surface area (Å²) in [7, 11) is 1.63. The highest BCUT2D eigenvalue weighted by atomic mass is 32.2. The van der Waals surface area contributed by atoms with Crippen molar-refractivity contribution in [2.75, 3.05) is 7.11 Å². The van der Waals surface area contributed by atoms with Crippen LogP contribution in [0.2, 0.25) is 0 Å². The summed E-state index contributed by atoms with van der Waals surface area (Å²) in [6.45, 7) is 4.38. The summed E-state index contributed by atoms with van der Waals surface area (Å²) in [5.41, 5.74) is 1.55. The predicted octanol–water partition coefficient (Wildman–Crippen LogP) is 4.57. The van der Waals surface area contributed by atoms with Crippen LogP contribution >= 0.6 is 11.8 Å². The van der Waals surface area contributed by atoms with E-state index in [0.717, 1.165) is 22.3 Å². The first kappa shape index (κ1) is 17.2. The van der Waals surface area contributed by atoms with Gasteiger partial charge in [-0.1, -0.05) is 48.2 Å². The number of halogens is 1. The average Bonchev–Trinajstić information content (AvgIpc) is 3.04. The minimum Gasteiger partial charge on any atom is -0.497 e. The molecule has 0 bridgehead atoms. The van der Waals surface area contributed by atoms with Crippen molar-refractivity contribution < 1.29 is 9.13 Å². The molecule has 0 atom stereocenters. The number of thioether (sulfide) groups is 1. The molecule has 0 unspecified atom stereocenters. The molecule has 0 fully saturated rings. The molecule has 0 saturated heterocycles. The van der Waals surface area contributed by atoms with Gasteiger partial charge in [0.15, 0.2) is 11.0 Å². The van der Waals surface area contributed by atoms with Gasteiger partial charge >= 0.3 is 0 Å². The maximum atomic E-state index is 13.8. The van der Waals surface area contributed by atoms with Crippen LogP contribution in [-0.2, 0) is 12.3 Å². The van der Waals surface area contributed by atoms with Crippen molar-refractivity contribution >= 4 is 11.8 Å². The summed E-state index contributed by atoms with van der Waals surface area (Å²) >= 11 is 1.45. The van der Waals surface area contributed by atoms with Crippen molar-refractivity contribution in [3.63, 3.8) is 0 Å². The molecule has 128 valence electrons. The third kappa shape index (κ3) is 3.91. The predicted molar refractivity (Wildman–Crippen MR) is 98.2 cm³/mol. The molecule has 6 heteroatoms. The topological polar surface area (TPSA) is 39.9 Å². The van der Waals surface area contributed by atoms with Gasteiger partial charge in [-0.2, -0.15) is 0 Å². The molecule has 0 radical (unpaired) electrons. The molecule has 0 amide bonds. The van der Waals surface area contributed by atoms with Crippen LogP contribution in [0.15, 0.2) is 66.3 Å². The number of methoxy groups -OCH3 is 1. The molecule has 1 heterocycles. The number of nitrogens with zero attached hydrogens (tertiary/aromatic N) is 3. The van der Waals surface area contributed by atoms with Crippen molar-refractivity contribution in [2.45, 2.75) is 17.5 Å². The molecule has 0 N–H and O–H groups in total. The Kier molecular flexibility index (Phi) is 5.50. The Morgan fingerprint density at radius 3 is 2.80 bits per heavy atom. The van der Waals surface area contributed by atoms with E-state index < -0.39 is 0 Å². The molecule has 0 aliphatic carbocycles. The van der Waals surface area contributed by atoms with Crippen LogP contribution < -0.4 is 4.74 Å². The molecule has 0 spiro atoms. The largest absolute Gasteiger partial charge is 0.497 e. The quantitative estimate of drug-likeness (QED) is 0.460. The Balaban J connectivity index is 1.89. The normalized spacial score (nSPS) is 10.6. The molecular formula is C19H18FN3OS. The molecule has 25 heavy (non-hydrogen) atoms. The highest BCUT2D eigenvalue weighted by Gasteiger charge is 2.14. The molecular weight excluding hydrogens is 337 g/mol. The van der Waals surface area contributed by atoms with Gasteiger partial charge in [-0.25, -0.2) is 4.39 Å². The minimum atomic E-state index is -0.210. The van der Waals surface area contributed by atoms with Gasteiger partial charge in [0.2, 0.25) is 0 Å². The van der Waals surface area contributed by atoms with Crippen LogP contribution in [0.1, 0.15) is 5.56 Å². The Morgan fingerprint density at radius 2 is 2.04 bits per heavy atom. The SMILES string of the molecule is C=CCn1c(SCc2ccccc2F)nnc1-c1cccc(OC)c1. The number of hydrogen-bond acceptors (Lipinski definition) is 4. The van der Waals surface area contributed by atoms with E-state index in [2.05, 4.69) is 16.8 Å². The van der Waals surface area contributed by atoms with Crippen LogP contribution in [0.4, 0.5) is 4.39 Å². The van der Waals surface area contributed by atoms with Gasteiger partial charge in [-0.3, -0.25) is 4.57 Å². The van der Waals surface area contributed by atoms with E-state index >= 15 is 0 Å². The van der Waals surface area contributed by atoms with Crippen molar-refractivity contribution in [3.8, 4) is 17.1 Å². The van der Waals surface area contributed by atoms with Crippen molar-refractivity contribution in [3.05, 3.63) is 72.6 Å². The van der Waals surface area contributed by atoms with E-state index in [0.29, 0.717) is 17.9 Å². The molecule has 2 aromatic carbocycles. The van der Waals surface area contributed by atoms with Gasteiger partial charge in [-0.15, -0.1) is 16.8 Å². The van der Waals surface area contributed by atoms with E-state index in [1.165, 1.54) is 17.8 Å². The maximum absolute atomic E-state index is 13.8. The summed E-state index contributed by atoms with van der Waals surface area (Å²) in [5, 5.41) is 9.31. The zero-order chi connectivity index (χ0) is 17.6. The van der Waals surface area contributed by atoms with E-state index in [-0.39, 0.29) is 5.82 Å². The lowest BCUT2D eigenvalue weighted by molar-refractivity contribution is 0.415. The van der Waals surface area contributed by atoms with E-state index in [9.17, 15) is 4.39 Å². The molecule has 3 rings (SSSR count). The van der Waals surface area contributed by atoms with Gasteiger partial charge < -0.3 is 4.74 Å².